The Morgan fingerprint density at radius 3 is 1.50 bits per heavy atom. The molecule has 0 aromatic carbocycles. The van der Waals surface area contributed by atoms with Crippen LogP contribution < -0.4 is 22.5 Å². The zero-order valence-corrected chi connectivity index (χ0v) is 9.95. The average molecular weight is 230 g/mol. The van der Waals surface area contributed by atoms with Crippen LogP contribution in [-0.2, 0) is 9.59 Å². The largest absolute Gasteiger partial charge is 0.294 e. The van der Waals surface area contributed by atoms with E-state index in [1.807, 2.05) is 13.8 Å². The molecule has 0 saturated carbocycles. The highest BCUT2D eigenvalue weighted by atomic mass is 16.2. The van der Waals surface area contributed by atoms with Crippen LogP contribution >= 0.6 is 0 Å². The van der Waals surface area contributed by atoms with Crippen molar-refractivity contribution in [1.29, 1.82) is 0 Å². The van der Waals surface area contributed by atoms with Crippen molar-refractivity contribution in [1.82, 2.24) is 10.9 Å². The first-order valence-electron chi connectivity index (χ1n) is 5.53. The number of amides is 2. The fourth-order valence-electron chi connectivity index (χ4n) is 1.45. The quantitative estimate of drug-likeness (QED) is 0.210. The molecule has 2 amide bonds. The lowest BCUT2D eigenvalue weighted by Gasteiger charge is -2.11. The zero-order chi connectivity index (χ0) is 12.6. The minimum Gasteiger partial charge on any atom is -0.294 e. The molecule has 0 rings (SSSR count). The van der Waals surface area contributed by atoms with E-state index in [0.717, 1.165) is 25.7 Å². The highest BCUT2D eigenvalue weighted by Crippen LogP contribution is 2.13. The highest BCUT2D eigenvalue weighted by Gasteiger charge is 2.13. The Labute approximate surface area is 96.1 Å². The lowest BCUT2D eigenvalue weighted by Crippen LogP contribution is -2.35. The van der Waals surface area contributed by atoms with Crippen LogP contribution in [0.3, 0.4) is 0 Å². The third-order valence-electron chi connectivity index (χ3n) is 2.70. The molecule has 2 atom stereocenters. The van der Waals surface area contributed by atoms with Gasteiger partial charge in [-0.1, -0.05) is 26.7 Å². The van der Waals surface area contributed by atoms with Crippen LogP contribution in [0.25, 0.3) is 0 Å². The van der Waals surface area contributed by atoms with Gasteiger partial charge in [0, 0.05) is 11.8 Å². The molecule has 6 nitrogen and oxygen atoms in total. The molecule has 0 aromatic heterocycles. The molecule has 6 N–H and O–H groups in total. The Balaban J connectivity index is 3.60. The minimum atomic E-state index is -0.146. The van der Waals surface area contributed by atoms with E-state index in [-0.39, 0.29) is 23.7 Å². The van der Waals surface area contributed by atoms with Gasteiger partial charge in [-0.3, -0.25) is 20.4 Å². The predicted octanol–water partition coefficient (Wildman–Crippen LogP) is -0.201. The van der Waals surface area contributed by atoms with Crippen LogP contribution in [0.5, 0.6) is 0 Å². The summed E-state index contributed by atoms with van der Waals surface area (Å²) in [5.41, 5.74) is 4.24. The van der Waals surface area contributed by atoms with Crippen LogP contribution in [0.2, 0.25) is 0 Å². The summed E-state index contributed by atoms with van der Waals surface area (Å²) in [4.78, 5) is 22.2. The van der Waals surface area contributed by atoms with Crippen molar-refractivity contribution in [3.8, 4) is 0 Å². The van der Waals surface area contributed by atoms with Gasteiger partial charge in [-0.2, -0.15) is 0 Å². The number of hydrogen-bond acceptors (Lipinski definition) is 4. The van der Waals surface area contributed by atoms with E-state index < -0.39 is 0 Å². The van der Waals surface area contributed by atoms with Gasteiger partial charge < -0.3 is 0 Å². The molecule has 0 aromatic rings. The lowest BCUT2D eigenvalue weighted by molar-refractivity contribution is -0.125. The molecule has 1 unspecified atom stereocenters. The Hall–Kier alpha value is -1.14. The summed E-state index contributed by atoms with van der Waals surface area (Å²) in [6, 6.07) is 0. The molecule has 0 radical (unpaired) electrons. The zero-order valence-electron chi connectivity index (χ0n) is 9.95. The number of rotatable bonds is 7. The van der Waals surface area contributed by atoms with Gasteiger partial charge >= 0.3 is 0 Å². The molecule has 0 aliphatic carbocycles. The van der Waals surface area contributed by atoms with Gasteiger partial charge in [0.15, 0.2) is 0 Å². The average Bonchev–Trinajstić information content (AvgIpc) is 2.31. The number of unbranched alkanes of at least 4 members (excludes halogenated alkanes) is 1. The van der Waals surface area contributed by atoms with E-state index in [0.29, 0.717) is 0 Å². The highest BCUT2D eigenvalue weighted by molar-refractivity contribution is 5.77. The van der Waals surface area contributed by atoms with E-state index in [1.54, 1.807) is 0 Å². The van der Waals surface area contributed by atoms with Crippen molar-refractivity contribution in [3.05, 3.63) is 0 Å². The van der Waals surface area contributed by atoms with Gasteiger partial charge in [-0.25, -0.2) is 11.7 Å². The standard InChI is InChI=1S/C10H22N4O2/c1-7(9(15)13-11)5-3-4-6-8(2)10(16)14-12/h7-8H,3-6,11-12H2,1-2H3,(H,13,15)(H,14,16)/t7-,8?/m0/s1. The summed E-state index contributed by atoms with van der Waals surface area (Å²) in [7, 11) is 0. The SMILES string of the molecule is CC(CCCC[C@H](C)C(=O)NN)C(=O)NN. The fourth-order valence-corrected chi connectivity index (χ4v) is 1.45. The normalized spacial score (nSPS) is 14.0. The Kier molecular flexibility index (Phi) is 7.49. The number of hydrazine groups is 2. The number of carbonyl (C=O) groups is 2. The van der Waals surface area contributed by atoms with Crippen molar-refractivity contribution in [2.45, 2.75) is 39.5 Å². The van der Waals surface area contributed by atoms with Gasteiger partial charge in [0.25, 0.3) is 0 Å². The summed E-state index contributed by atoms with van der Waals surface area (Å²) in [5.74, 6) is 9.58. The summed E-state index contributed by atoms with van der Waals surface area (Å²) < 4.78 is 0. The van der Waals surface area contributed by atoms with Gasteiger partial charge in [-0.05, 0) is 12.8 Å². The number of carbonyl (C=O) groups excluding carboxylic acids is 2. The van der Waals surface area contributed by atoms with E-state index in [1.165, 1.54) is 0 Å². The molecule has 0 saturated heterocycles. The number of nitrogens with two attached hydrogens (primary N) is 2. The van der Waals surface area contributed by atoms with Crippen LogP contribution in [0.4, 0.5) is 0 Å². The third kappa shape index (κ3) is 5.67. The molecule has 0 aliphatic rings. The van der Waals surface area contributed by atoms with E-state index in [4.69, 9.17) is 11.7 Å². The maximum absolute atomic E-state index is 11.1. The van der Waals surface area contributed by atoms with Gasteiger partial charge in [0.1, 0.15) is 0 Å². The Bertz CT molecular complexity index is 209. The summed E-state index contributed by atoms with van der Waals surface area (Å²) in [5, 5.41) is 0. The van der Waals surface area contributed by atoms with Crippen LogP contribution in [0.15, 0.2) is 0 Å². The molecule has 94 valence electrons. The Morgan fingerprint density at radius 1 is 0.938 bits per heavy atom. The van der Waals surface area contributed by atoms with Crippen molar-refractivity contribution in [2.75, 3.05) is 0 Å². The molecule has 0 heterocycles. The van der Waals surface area contributed by atoms with Crippen LogP contribution in [0.1, 0.15) is 39.5 Å². The van der Waals surface area contributed by atoms with Crippen molar-refractivity contribution in [2.24, 2.45) is 23.5 Å². The fraction of sp³-hybridized carbons (Fsp3) is 0.800. The van der Waals surface area contributed by atoms with E-state index in [2.05, 4.69) is 10.9 Å². The van der Waals surface area contributed by atoms with E-state index >= 15 is 0 Å². The maximum atomic E-state index is 11.1. The number of hydrogen-bond donors (Lipinski definition) is 4. The van der Waals surface area contributed by atoms with E-state index in [9.17, 15) is 9.59 Å². The van der Waals surface area contributed by atoms with Gasteiger partial charge in [0.2, 0.25) is 11.8 Å². The first kappa shape index (κ1) is 14.9. The molecule has 0 spiro atoms. The lowest BCUT2D eigenvalue weighted by atomic mass is 9.98. The topological polar surface area (TPSA) is 110 Å². The molecule has 0 aliphatic heterocycles. The Morgan fingerprint density at radius 2 is 1.25 bits per heavy atom. The maximum Gasteiger partial charge on any atom is 0.236 e. The smallest absolute Gasteiger partial charge is 0.236 e. The van der Waals surface area contributed by atoms with Crippen molar-refractivity contribution >= 4 is 11.8 Å². The molecule has 0 fully saturated rings. The second kappa shape index (κ2) is 8.06. The monoisotopic (exact) mass is 230 g/mol. The van der Waals surface area contributed by atoms with Gasteiger partial charge in [0.05, 0.1) is 0 Å². The first-order chi connectivity index (χ1) is 7.52. The molecule has 0 bridgehead atoms. The molecule has 16 heavy (non-hydrogen) atoms. The predicted molar refractivity (Wildman–Crippen MR) is 61.5 cm³/mol. The summed E-state index contributed by atoms with van der Waals surface area (Å²) in [6.07, 6.45) is 3.35. The molecular weight excluding hydrogens is 208 g/mol. The molecule has 6 heteroatoms. The van der Waals surface area contributed by atoms with Gasteiger partial charge in [-0.15, -0.1) is 0 Å². The minimum absolute atomic E-state index is 0.0800. The van der Waals surface area contributed by atoms with Crippen molar-refractivity contribution < 1.29 is 9.59 Å². The third-order valence-corrected chi connectivity index (χ3v) is 2.70. The summed E-state index contributed by atoms with van der Waals surface area (Å²) >= 11 is 0. The molecular formula is C10H22N4O2. The second-order valence-corrected chi connectivity index (χ2v) is 4.10. The summed E-state index contributed by atoms with van der Waals surface area (Å²) in [6.45, 7) is 3.66. The van der Waals surface area contributed by atoms with Crippen LogP contribution in [-0.4, -0.2) is 11.8 Å². The number of nitrogens with one attached hydrogen (secondary N) is 2. The van der Waals surface area contributed by atoms with Crippen LogP contribution in [0, 0.1) is 11.8 Å². The first-order valence-corrected chi connectivity index (χ1v) is 5.53. The second-order valence-electron chi connectivity index (χ2n) is 4.10. The van der Waals surface area contributed by atoms with Crippen molar-refractivity contribution in [3.63, 3.8) is 0 Å².